The second kappa shape index (κ2) is 8.79. The van der Waals surface area contributed by atoms with Crippen molar-refractivity contribution in [1.29, 1.82) is 0 Å². The standard InChI is InChI=1S/C23H29NO3/c1-17(27-16-23(2,24)15-25)22(26-14-18-11-12-18)21-10-6-9-20(13-21)19-7-4-3-5-8-19/h3-10,13,15,17-18,22H,11-12,14,16,24H2,1-2H3/t17-,22-,23+/m0/s1. The predicted molar refractivity (Wildman–Crippen MR) is 107 cm³/mol. The number of rotatable bonds is 10. The Morgan fingerprint density at radius 2 is 1.81 bits per heavy atom. The van der Waals surface area contributed by atoms with Crippen LogP contribution < -0.4 is 5.73 Å². The highest BCUT2D eigenvalue weighted by Gasteiger charge is 2.28. The molecule has 4 heteroatoms. The van der Waals surface area contributed by atoms with Crippen molar-refractivity contribution in [3.05, 3.63) is 60.2 Å². The summed E-state index contributed by atoms with van der Waals surface area (Å²) in [7, 11) is 0. The van der Waals surface area contributed by atoms with E-state index >= 15 is 0 Å². The van der Waals surface area contributed by atoms with Gasteiger partial charge in [-0.3, -0.25) is 0 Å². The van der Waals surface area contributed by atoms with Crippen LogP contribution in [0.4, 0.5) is 0 Å². The number of hydrogen-bond donors (Lipinski definition) is 1. The lowest BCUT2D eigenvalue weighted by atomic mass is 9.98. The van der Waals surface area contributed by atoms with Crippen LogP contribution in [0.25, 0.3) is 11.1 Å². The average Bonchev–Trinajstić information content (AvgIpc) is 3.52. The van der Waals surface area contributed by atoms with Gasteiger partial charge in [-0.2, -0.15) is 0 Å². The Morgan fingerprint density at radius 3 is 2.48 bits per heavy atom. The first-order valence-electron chi connectivity index (χ1n) is 9.62. The SMILES string of the molecule is C[C@H](OC[C@](C)(N)C=O)[C@H](OCC1CC1)c1cccc(-c2ccccc2)c1. The fraction of sp³-hybridized carbons (Fsp3) is 0.435. The largest absolute Gasteiger partial charge is 0.373 e. The van der Waals surface area contributed by atoms with Gasteiger partial charge in [0.15, 0.2) is 0 Å². The van der Waals surface area contributed by atoms with E-state index in [0.717, 1.165) is 24.0 Å². The van der Waals surface area contributed by atoms with Crippen molar-refractivity contribution in [1.82, 2.24) is 0 Å². The monoisotopic (exact) mass is 367 g/mol. The summed E-state index contributed by atoms with van der Waals surface area (Å²) in [6, 6.07) is 18.7. The van der Waals surface area contributed by atoms with Gasteiger partial charge in [0.1, 0.15) is 12.4 Å². The predicted octanol–water partition coefficient (Wildman–Crippen LogP) is 4.14. The molecule has 0 unspecified atom stereocenters. The summed E-state index contributed by atoms with van der Waals surface area (Å²) in [6.45, 7) is 4.55. The molecule has 1 saturated carbocycles. The minimum Gasteiger partial charge on any atom is -0.373 e. The molecule has 3 rings (SSSR count). The van der Waals surface area contributed by atoms with E-state index in [1.54, 1.807) is 6.92 Å². The zero-order chi connectivity index (χ0) is 19.3. The summed E-state index contributed by atoms with van der Waals surface area (Å²) >= 11 is 0. The summed E-state index contributed by atoms with van der Waals surface area (Å²) in [5.74, 6) is 0.659. The lowest BCUT2D eigenvalue weighted by Crippen LogP contribution is -2.44. The molecule has 1 fully saturated rings. The normalized spacial score (nSPS) is 18.5. The molecule has 144 valence electrons. The zero-order valence-corrected chi connectivity index (χ0v) is 16.1. The van der Waals surface area contributed by atoms with Gasteiger partial charge >= 0.3 is 0 Å². The molecule has 0 saturated heterocycles. The van der Waals surface area contributed by atoms with Crippen LogP contribution in [-0.4, -0.2) is 31.1 Å². The Balaban J connectivity index is 1.78. The van der Waals surface area contributed by atoms with E-state index in [2.05, 4.69) is 36.4 Å². The van der Waals surface area contributed by atoms with Gasteiger partial charge in [-0.15, -0.1) is 0 Å². The molecule has 4 nitrogen and oxygen atoms in total. The van der Waals surface area contributed by atoms with E-state index in [-0.39, 0.29) is 18.8 Å². The first-order chi connectivity index (χ1) is 13.0. The first-order valence-corrected chi connectivity index (χ1v) is 9.62. The van der Waals surface area contributed by atoms with E-state index < -0.39 is 5.54 Å². The van der Waals surface area contributed by atoms with Crippen molar-refractivity contribution in [3.63, 3.8) is 0 Å². The smallest absolute Gasteiger partial charge is 0.141 e. The molecular weight excluding hydrogens is 338 g/mol. The molecule has 0 heterocycles. The highest BCUT2D eigenvalue weighted by Crippen LogP contribution is 2.33. The van der Waals surface area contributed by atoms with Crippen molar-refractivity contribution >= 4 is 6.29 Å². The van der Waals surface area contributed by atoms with Gasteiger partial charge in [0, 0.05) is 0 Å². The molecule has 1 aliphatic rings. The molecule has 2 aromatic carbocycles. The first kappa shape index (κ1) is 19.7. The molecule has 3 atom stereocenters. The van der Waals surface area contributed by atoms with Crippen LogP contribution in [0.5, 0.6) is 0 Å². The van der Waals surface area contributed by atoms with Gasteiger partial charge in [0.05, 0.1) is 24.9 Å². The van der Waals surface area contributed by atoms with Crippen LogP contribution in [0.1, 0.15) is 38.4 Å². The molecule has 1 aliphatic carbocycles. The van der Waals surface area contributed by atoms with Gasteiger partial charge in [0.25, 0.3) is 0 Å². The maximum atomic E-state index is 11.1. The number of hydrogen-bond acceptors (Lipinski definition) is 4. The van der Waals surface area contributed by atoms with E-state index in [9.17, 15) is 4.79 Å². The highest BCUT2D eigenvalue weighted by molar-refractivity contribution is 5.64. The third-order valence-electron chi connectivity index (χ3n) is 4.88. The molecule has 0 aromatic heterocycles. The summed E-state index contributed by atoms with van der Waals surface area (Å²) < 4.78 is 12.2. The van der Waals surface area contributed by atoms with Crippen LogP contribution in [0.3, 0.4) is 0 Å². The molecule has 2 N–H and O–H groups in total. The number of carbonyl (C=O) groups excluding carboxylic acids is 1. The fourth-order valence-electron chi connectivity index (χ4n) is 2.99. The lowest BCUT2D eigenvalue weighted by molar-refractivity contribution is -0.118. The molecule has 0 amide bonds. The number of benzene rings is 2. The zero-order valence-electron chi connectivity index (χ0n) is 16.1. The lowest BCUT2D eigenvalue weighted by Gasteiger charge is -2.28. The Bertz CT molecular complexity index is 740. The molecule has 0 bridgehead atoms. The summed E-state index contributed by atoms with van der Waals surface area (Å²) in [5.41, 5.74) is 8.32. The fourth-order valence-corrected chi connectivity index (χ4v) is 2.99. The van der Waals surface area contributed by atoms with Crippen molar-refractivity contribution < 1.29 is 14.3 Å². The maximum absolute atomic E-state index is 11.1. The van der Waals surface area contributed by atoms with Crippen LogP contribution in [-0.2, 0) is 14.3 Å². The highest BCUT2D eigenvalue weighted by atomic mass is 16.5. The summed E-state index contributed by atoms with van der Waals surface area (Å²) in [6.07, 6.45) is 2.79. The van der Waals surface area contributed by atoms with E-state index in [0.29, 0.717) is 5.92 Å². The van der Waals surface area contributed by atoms with Gasteiger partial charge < -0.3 is 20.0 Å². The van der Waals surface area contributed by atoms with Gasteiger partial charge in [-0.05, 0) is 55.4 Å². The molecular formula is C23H29NO3. The van der Waals surface area contributed by atoms with Crippen molar-refractivity contribution in [2.45, 2.75) is 44.4 Å². The topological polar surface area (TPSA) is 61.5 Å². The van der Waals surface area contributed by atoms with E-state index in [4.69, 9.17) is 15.2 Å². The third kappa shape index (κ3) is 5.73. The minimum atomic E-state index is -0.985. The molecule has 2 aromatic rings. The van der Waals surface area contributed by atoms with Crippen LogP contribution in [0.15, 0.2) is 54.6 Å². The summed E-state index contributed by atoms with van der Waals surface area (Å²) in [5, 5.41) is 0. The van der Waals surface area contributed by atoms with Crippen LogP contribution >= 0.6 is 0 Å². The van der Waals surface area contributed by atoms with E-state index in [1.807, 2.05) is 25.1 Å². The molecule has 27 heavy (non-hydrogen) atoms. The summed E-state index contributed by atoms with van der Waals surface area (Å²) in [4.78, 5) is 11.1. The van der Waals surface area contributed by atoms with Crippen LogP contribution in [0.2, 0.25) is 0 Å². The Kier molecular flexibility index (Phi) is 6.42. The molecule has 0 spiro atoms. The number of carbonyl (C=O) groups is 1. The van der Waals surface area contributed by atoms with Gasteiger partial charge in [-0.25, -0.2) is 0 Å². The number of nitrogens with two attached hydrogens (primary N) is 1. The maximum Gasteiger partial charge on any atom is 0.141 e. The third-order valence-corrected chi connectivity index (χ3v) is 4.88. The quantitative estimate of drug-likeness (QED) is 0.641. The minimum absolute atomic E-state index is 0.166. The number of ether oxygens (including phenoxy) is 2. The second-order valence-corrected chi connectivity index (χ2v) is 7.83. The van der Waals surface area contributed by atoms with Crippen LogP contribution in [0, 0.1) is 5.92 Å². The Morgan fingerprint density at radius 1 is 1.11 bits per heavy atom. The second-order valence-electron chi connectivity index (χ2n) is 7.83. The Labute approximate surface area is 161 Å². The van der Waals surface area contributed by atoms with Crippen molar-refractivity contribution in [3.8, 4) is 11.1 Å². The molecule has 0 aliphatic heterocycles. The van der Waals surface area contributed by atoms with Crippen molar-refractivity contribution in [2.75, 3.05) is 13.2 Å². The van der Waals surface area contributed by atoms with E-state index in [1.165, 1.54) is 18.4 Å². The van der Waals surface area contributed by atoms with Gasteiger partial charge in [0.2, 0.25) is 0 Å². The molecule has 0 radical (unpaired) electrons. The average molecular weight is 367 g/mol. The Hall–Kier alpha value is -2.01. The van der Waals surface area contributed by atoms with Crippen molar-refractivity contribution in [2.24, 2.45) is 11.7 Å². The van der Waals surface area contributed by atoms with Gasteiger partial charge in [-0.1, -0.05) is 48.5 Å². The number of aldehydes is 1.